The van der Waals surface area contributed by atoms with Crippen molar-refractivity contribution in [2.24, 2.45) is 5.92 Å². The second-order valence-electron chi connectivity index (χ2n) is 8.22. The highest BCUT2D eigenvalue weighted by atomic mass is 28.3. The van der Waals surface area contributed by atoms with E-state index in [1.807, 2.05) is 25.7 Å². The van der Waals surface area contributed by atoms with Crippen LogP contribution < -0.4 is 0 Å². The summed E-state index contributed by atoms with van der Waals surface area (Å²) in [5.74, 6) is 0.205. The lowest BCUT2D eigenvalue weighted by Crippen LogP contribution is -2.46. The van der Waals surface area contributed by atoms with Crippen molar-refractivity contribution in [3.05, 3.63) is 0 Å². The van der Waals surface area contributed by atoms with Crippen molar-refractivity contribution in [1.82, 2.24) is 4.90 Å². The molecule has 3 unspecified atom stereocenters. The third-order valence-electron chi connectivity index (χ3n) is 4.13. The van der Waals surface area contributed by atoms with Crippen molar-refractivity contribution in [2.75, 3.05) is 6.54 Å². The van der Waals surface area contributed by atoms with Gasteiger partial charge in [0.2, 0.25) is 0 Å². The van der Waals surface area contributed by atoms with Gasteiger partial charge in [0.15, 0.2) is 0 Å². The number of carbonyl (C=O) groups is 1. The van der Waals surface area contributed by atoms with Crippen LogP contribution in [0.15, 0.2) is 0 Å². The Balaban J connectivity index is 2.86. The van der Waals surface area contributed by atoms with Crippen molar-refractivity contribution < 1.29 is 9.53 Å². The smallest absolute Gasteiger partial charge is 0.410 e. The van der Waals surface area contributed by atoms with Gasteiger partial charge in [-0.1, -0.05) is 26.6 Å². The zero-order valence-corrected chi connectivity index (χ0v) is 15.6. The van der Waals surface area contributed by atoms with E-state index in [1.165, 1.54) is 0 Å². The van der Waals surface area contributed by atoms with E-state index in [0.29, 0.717) is 0 Å². The van der Waals surface area contributed by atoms with Gasteiger partial charge >= 0.3 is 6.09 Å². The highest BCUT2D eigenvalue weighted by Crippen LogP contribution is 2.37. The fourth-order valence-corrected chi connectivity index (χ4v) is 5.40. The van der Waals surface area contributed by atoms with Gasteiger partial charge in [0.05, 0.1) is 14.1 Å². The third-order valence-corrected chi connectivity index (χ3v) is 6.65. The molecule has 1 aliphatic rings. The van der Waals surface area contributed by atoms with E-state index < -0.39 is 13.7 Å². The Bertz CT molecular complexity index is 417. The fourth-order valence-electron chi connectivity index (χ4n) is 3.21. The molecule has 0 aromatic heterocycles. The molecule has 1 aliphatic heterocycles. The van der Waals surface area contributed by atoms with Gasteiger partial charge in [0, 0.05) is 18.1 Å². The Morgan fingerprint density at radius 2 is 1.95 bits per heavy atom. The Hall–Kier alpha value is -1.02. The van der Waals surface area contributed by atoms with E-state index >= 15 is 0 Å². The highest BCUT2D eigenvalue weighted by molar-refractivity contribution is 6.78. The number of ether oxygens (including phenoxy) is 1. The van der Waals surface area contributed by atoms with Crippen molar-refractivity contribution in [1.29, 1.82) is 5.26 Å². The summed E-state index contributed by atoms with van der Waals surface area (Å²) in [6.45, 7) is 15.2. The number of nitriles is 1. The molecule has 0 radical (unpaired) electrons. The van der Waals surface area contributed by atoms with Crippen LogP contribution in [-0.4, -0.2) is 37.3 Å². The summed E-state index contributed by atoms with van der Waals surface area (Å²) in [5.41, 5.74) is -0.411. The molecular formula is C16H30N2O2Si. The fraction of sp³-hybridized carbons (Fsp3) is 0.875. The average Bonchev–Trinajstić information content (AvgIpc) is 2.73. The molecule has 0 aliphatic carbocycles. The lowest BCUT2D eigenvalue weighted by atomic mass is 9.96. The molecule has 0 bridgehead atoms. The second-order valence-corrected chi connectivity index (χ2v) is 13.6. The zero-order chi connectivity index (χ0) is 16.4. The van der Waals surface area contributed by atoms with Gasteiger partial charge in [-0.15, -0.1) is 0 Å². The molecule has 0 saturated carbocycles. The van der Waals surface area contributed by atoms with E-state index in [2.05, 4.69) is 32.6 Å². The number of hydrogen-bond acceptors (Lipinski definition) is 3. The minimum atomic E-state index is -1.57. The van der Waals surface area contributed by atoms with Crippen molar-refractivity contribution >= 4 is 14.2 Å². The van der Waals surface area contributed by atoms with E-state index in [9.17, 15) is 10.1 Å². The number of likely N-dealkylation sites (tertiary alicyclic amines) is 1. The summed E-state index contributed by atoms with van der Waals surface area (Å²) < 4.78 is 5.52. The van der Waals surface area contributed by atoms with Gasteiger partial charge in [-0.2, -0.15) is 5.26 Å². The van der Waals surface area contributed by atoms with Crippen LogP contribution in [0.1, 0.15) is 40.5 Å². The first-order valence-corrected chi connectivity index (χ1v) is 11.4. The highest BCUT2D eigenvalue weighted by Gasteiger charge is 2.42. The van der Waals surface area contributed by atoms with Crippen molar-refractivity contribution in [3.8, 4) is 6.07 Å². The monoisotopic (exact) mass is 310 g/mol. The van der Waals surface area contributed by atoms with Gasteiger partial charge in [-0.05, 0) is 39.5 Å². The number of carbonyl (C=O) groups excluding carboxylic acids is 1. The molecule has 1 heterocycles. The molecule has 1 rings (SSSR count). The maximum Gasteiger partial charge on any atom is 0.410 e. The van der Waals surface area contributed by atoms with E-state index in [-0.39, 0.29) is 23.6 Å². The maximum atomic E-state index is 12.4. The molecule has 5 heteroatoms. The van der Waals surface area contributed by atoms with Crippen LogP contribution in [0, 0.1) is 17.2 Å². The van der Waals surface area contributed by atoms with E-state index in [1.54, 1.807) is 0 Å². The summed E-state index contributed by atoms with van der Waals surface area (Å²) in [6.07, 6.45) is 1.74. The molecule has 0 aromatic carbocycles. The second kappa shape index (κ2) is 6.39. The van der Waals surface area contributed by atoms with Gasteiger partial charge < -0.3 is 9.64 Å². The predicted molar refractivity (Wildman–Crippen MR) is 87.8 cm³/mol. The molecule has 0 spiro atoms. The molecular weight excluding hydrogens is 280 g/mol. The molecule has 4 nitrogen and oxygen atoms in total. The molecule has 1 amide bonds. The van der Waals surface area contributed by atoms with Crippen LogP contribution >= 0.6 is 0 Å². The topological polar surface area (TPSA) is 53.3 Å². The molecule has 21 heavy (non-hydrogen) atoms. The average molecular weight is 311 g/mol. The van der Waals surface area contributed by atoms with E-state index in [4.69, 9.17) is 4.74 Å². The van der Waals surface area contributed by atoms with Gasteiger partial charge in [0.25, 0.3) is 0 Å². The van der Waals surface area contributed by atoms with Crippen LogP contribution in [0.3, 0.4) is 0 Å². The van der Waals surface area contributed by atoms with Crippen LogP contribution in [-0.2, 0) is 4.74 Å². The number of rotatable bonds is 3. The zero-order valence-electron chi connectivity index (χ0n) is 14.6. The lowest BCUT2D eigenvalue weighted by Gasteiger charge is -2.37. The molecule has 3 atom stereocenters. The van der Waals surface area contributed by atoms with E-state index in [0.717, 1.165) is 19.4 Å². The first-order valence-electron chi connectivity index (χ1n) is 7.86. The summed E-state index contributed by atoms with van der Waals surface area (Å²) in [6, 6.07) is 2.64. The minimum absolute atomic E-state index is 0.0607. The van der Waals surface area contributed by atoms with Crippen LogP contribution in [0.4, 0.5) is 4.79 Å². The summed E-state index contributed by atoms with van der Waals surface area (Å²) in [5, 5.41) is 9.55. The summed E-state index contributed by atoms with van der Waals surface area (Å²) in [7, 11) is -1.57. The SMILES string of the molecule is CC(C1CCCN1C(=O)OC(C)(C)C)C(C#N)[Si](C)(C)C. The number of hydrogen-bond donors (Lipinski definition) is 0. The predicted octanol–water partition coefficient (Wildman–Crippen LogP) is 4.25. The normalized spacial score (nSPS) is 22.6. The quantitative estimate of drug-likeness (QED) is 0.732. The largest absolute Gasteiger partial charge is 0.444 e. The van der Waals surface area contributed by atoms with Crippen LogP contribution in [0.25, 0.3) is 0 Å². The Morgan fingerprint density at radius 1 is 1.38 bits per heavy atom. The first kappa shape index (κ1) is 18.0. The van der Waals surface area contributed by atoms with Gasteiger partial charge in [0.1, 0.15) is 5.60 Å². The molecule has 1 fully saturated rings. The lowest BCUT2D eigenvalue weighted by molar-refractivity contribution is 0.0184. The minimum Gasteiger partial charge on any atom is -0.444 e. The Labute approximate surface area is 130 Å². The molecule has 120 valence electrons. The summed E-state index contributed by atoms with van der Waals surface area (Å²) in [4.78, 5) is 14.2. The van der Waals surface area contributed by atoms with Gasteiger partial charge in [-0.25, -0.2) is 4.79 Å². The molecule has 0 N–H and O–H groups in total. The van der Waals surface area contributed by atoms with Crippen molar-refractivity contribution in [3.63, 3.8) is 0 Å². The standard InChI is InChI=1S/C16H30N2O2Si/c1-12(14(11-17)21(5,6)7)13-9-8-10-18(13)15(19)20-16(2,3)4/h12-14H,8-10H2,1-7H3. The Kier molecular flexibility index (Phi) is 5.49. The first-order chi connectivity index (χ1) is 9.47. The number of nitrogens with zero attached hydrogens (tertiary/aromatic N) is 2. The number of amides is 1. The van der Waals surface area contributed by atoms with Crippen LogP contribution in [0.2, 0.25) is 25.2 Å². The van der Waals surface area contributed by atoms with Gasteiger partial charge in [-0.3, -0.25) is 0 Å². The Morgan fingerprint density at radius 3 is 2.38 bits per heavy atom. The third kappa shape index (κ3) is 4.74. The van der Waals surface area contributed by atoms with Crippen LogP contribution in [0.5, 0.6) is 0 Å². The molecule has 0 aromatic rings. The van der Waals surface area contributed by atoms with Crippen molar-refractivity contribution in [2.45, 2.75) is 77.4 Å². The summed E-state index contributed by atoms with van der Waals surface area (Å²) >= 11 is 0. The maximum absolute atomic E-state index is 12.4. The molecule has 1 saturated heterocycles.